The highest BCUT2D eigenvalue weighted by molar-refractivity contribution is 7.89. The summed E-state index contributed by atoms with van der Waals surface area (Å²) in [6, 6.07) is 3.29. The highest BCUT2D eigenvalue weighted by Crippen LogP contribution is 2.42. The molecule has 8 heteroatoms. The third-order valence-electron chi connectivity index (χ3n) is 6.17. The second-order valence-corrected chi connectivity index (χ2v) is 10.1. The molecule has 2 aromatic rings. The van der Waals surface area contributed by atoms with Crippen LogP contribution in [0.4, 0.5) is 0 Å². The van der Waals surface area contributed by atoms with Crippen LogP contribution in [0.15, 0.2) is 29.4 Å². The van der Waals surface area contributed by atoms with Gasteiger partial charge in [0.25, 0.3) is 0 Å². The molecule has 2 aliphatic rings. The summed E-state index contributed by atoms with van der Waals surface area (Å²) in [5, 5.41) is 8.78. The maximum atomic E-state index is 12.8. The molecular weight excluding hydrogens is 362 g/mol. The first-order chi connectivity index (χ1) is 12.9. The summed E-state index contributed by atoms with van der Waals surface area (Å²) in [5.41, 5.74) is 0.204. The number of aryl methyl sites for hydroxylation is 1. The van der Waals surface area contributed by atoms with Crippen molar-refractivity contribution >= 4 is 10.0 Å². The van der Waals surface area contributed by atoms with Crippen LogP contribution in [0, 0.1) is 5.41 Å². The molecule has 0 N–H and O–H groups in total. The van der Waals surface area contributed by atoms with Gasteiger partial charge in [-0.2, -0.15) is 4.31 Å². The monoisotopic (exact) mass is 389 g/mol. The number of piperidine rings is 1. The predicted molar refractivity (Wildman–Crippen MR) is 102 cm³/mol. The van der Waals surface area contributed by atoms with Crippen LogP contribution in [0.3, 0.4) is 0 Å². The van der Waals surface area contributed by atoms with E-state index in [-0.39, 0.29) is 10.3 Å². The Morgan fingerprint density at radius 2 is 1.81 bits per heavy atom. The highest BCUT2D eigenvalue weighted by atomic mass is 32.2. The van der Waals surface area contributed by atoms with E-state index in [1.54, 1.807) is 22.6 Å². The van der Waals surface area contributed by atoms with Gasteiger partial charge in [-0.15, -0.1) is 10.2 Å². The van der Waals surface area contributed by atoms with Gasteiger partial charge in [0.15, 0.2) is 0 Å². The third kappa shape index (κ3) is 3.40. The van der Waals surface area contributed by atoms with E-state index in [9.17, 15) is 8.42 Å². The zero-order valence-electron chi connectivity index (χ0n) is 16.0. The van der Waals surface area contributed by atoms with Gasteiger partial charge in [0, 0.05) is 44.4 Å². The van der Waals surface area contributed by atoms with Gasteiger partial charge < -0.3 is 4.57 Å². The summed E-state index contributed by atoms with van der Waals surface area (Å²) in [6.45, 7) is 6.40. The molecule has 2 aromatic heterocycles. The number of hydrogen-bond acceptors (Lipinski definition) is 5. The van der Waals surface area contributed by atoms with E-state index in [0.29, 0.717) is 19.0 Å². The SMILES string of the molecule is CC(C)c1nnc2n1CCC1(CC2)CCN(S(=O)(=O)c2cccnc2)CC1. The summed E-state index contributed by atoms with van der Waals surface area (Å²) in [7, 11) is -3.44. The minimum atomic E-state index is -3.44. The average Bonchev–Trinajstić information content (AvgIpc) is 3.02. The predicted octanol–water partition coefficient (Wildman–Crippen LogP) is 2.60. The number of sulfonamides is 1. The molecule has 0 radical (unpaired) electrons. The van der Waals surface area contributed by atoms with E-state index in [2.05, 4.69) is 33.6 Å². The molecule has 0 saturated carbocycles. The van der Waals surface area contributed by atoms with Crippen molar-refractivity contribution < 1.29 is 8.42 Å². The van der Waals surface area contributed by atoms with Gasteiger partial charge in [-0.25, -0.2) is 8.42 Å². The van der Waals surface area contributed by atoms with E-state index >= 15 is 0 Å². The Bertz CT molecular complexity index is 899. The second kappa shape index (κ2) is 6.98. The Labute approximate surface area is 160 Å². The minimum Gasteiger partial charge on any atom is -0.315 e. The standard InChI is InChI=1S/C19H27N5O2S/c1-15(2)18-22-21-17-5-6-19(9-13-24(17)18)7-11-23(12-8-19)27(25,26)16-4-3-10-20-14-16/h3-4,10,14-15H,5-9,11-13H2,1-2H3. The molecule has 27 heavy (non-hydrogen) atoms. The van der Waals surface area contributed by atoms with Gasteiger partial charge in [-0.3, -0.25) is 4.98 Å². The maximum Gasteiger partial charge on any atom is 0.244 e. The van der Waals surface area contributed by atoms with Crippen LogP contribution < -0.4 is 0 Å². The lowest BCUT2D eigenvalue weighted by Crippen LogP contribution is -2.43. The Balaban J connectivity index is 1.46. The number of hydrogen-bond donors (Lipinski definition) is 0. The summed E-state index contributed by atoms with van der Waals surface area (Å²) < 4.78 is 29.6. The number of aromatic nitrogens is 4. The van der Waals surface area contributed by atoms with Gasteiger partial charge in [0.2, 0.25) is 10.0 Å². The number of nitrogens with zero attached hydrogens (tertiary/aromatic N) is 5. The molecule has 4 rings (SSSR count). The van der Waals surface area contributed by atoms with E-state index in [4.69, 9.17) is 0 Å². The largest absolute Gasteiger partial charge is 0.315 e. The summed E-state index contributed by atoms with van der Waals surface area (Å²) in [5.74, 6) is 2.52. The van der Waals surface area contributed by atoms with Crippen LogP contribution in [0.1, 0.15) is 57.1 Å². The number of rotatable bonds is 3. The summed E-state index contributed by atoms with van der Waals surface area (Å²) in [6.07, 6.45) is 7.89. The van der Waals surface area contributed by atoms with Crippen molar-refractivity contribution in [2.45, 2.75) is 63.3 Å². The lowest BCUT2D eigenvalue weighted by molar-refractivity contribution is 0.129. The second-order valence-electron chi connectivity index (χ2n) is 8.12. The van der Waals surface area contributed by atoms with Gasteiger partial charge in [-0.1, -0.05) is 13.8 Å². The van der Waals surface area contributed by atoms with E-state index in [1.807, 2.05) is 0 Å². The third-order valence-corrected chi connectivity index (χ3v) is 8.05. The Morgan fingerprint density at radius 1 is 1.07 bits per heavy atom. The highest BCUT2D eigenvalue weighted by Gasteiger charge is 2.40. The minimum absolute atomic E-state index is 0.204. The van der Waals surface area contributed by atoms with Crippen LogP contribution in [0.2, 0.25) is 0 Å². The molecule has 0 aromatic carbocycles. The molecule has 0 unspecified atom stereocenters. The Kier molecular flexibility index (Phi) is 4.80. The van der Waals surface area contributed by atoms with E-state index in [0.717, 1.165) is 50.3 Å². The molecule has 0 atom stereocenters. The lowest BCUT2D eigenvalue weighted by atomic mass is 9.73. The van der Waals surface area contributed by atoms with Crippen LogP contribution in [-0.2, 0) is 23.0 Å². The average molecular weight is 390 g/mol. The van der Waals surface area contributed by atoms with Gasteiger partial charge in [0.1, 0.15) is 16.5 Å². The molecule has 7 nitrogen and oxygen atoms in total. The van der Waals surface area contributed by atoms with Crippen LogP contribution in [0.25, 0.3) is 0 Å². The summed E-state index contributed by atoms with van der Waals surface area (Å²) in [4.78, 5) is 4.25. The van der Waals surface area contributed by atoms with Crippen molar-refractivity contribution in [3.05, 3.63) is 36.2 Å². The van der Waals surface area contributed by atoms with Crippen LogP contribution in [-0.4, -0.2) is 45.6 Å². The van der Waals surface area contributed by atoms with Crippen molar-refractivity contribution in [2.75, 3.05) is 13.1 Å². The molecule has 1 fully saturated rings. The fourth-order valence-corrected chi connectivity index (χ4v) is 5.81. The molecule has 0 aliphatic carbocycles. The Hall–Kier alpha value is -1.80. The molecule has 2 aliphatic heterocycles. The van der Waals surface area contributed by atoms with Crippen LogP contribution in [0.5, 0.6) is 0 Å². The van der Waals surface area contributed by atoms with Crippen molar-refractivity contribution in [3.63, 3.8) is 0 Å². The van der Waals surface area contributed by atoms with Gasteiger partial charge >= 0.3 is 0 Å². The van der Waals surface area contributed by atoms with E-state index in [1.165, 1.54) is 6.20 Å². The fraction of sp³-hybridized carbons (Fsp3) is 0.632. The first-order valence-electron chi connectivity index (χ1n) is 9.73. The zero-order valence-corrected chi connectivity index (χ0v) is 16.8. The zero-order chi connectivity index (χ0) is 19.1. The van der Waals surface area contributed by atoms with Crippen molar-refractivity contribution in [1.29, 1.82) is 0 Å². The molecule has 146 valence electrons. The number of pyridine rings is 1. The normalized spacial score (nSPS) is 20.6. The van der Waals surface area contributed by atoms with Gasteiger partial charge in [0.05, 0.1) is 0 Å². The summed E-state index contributed by atoms with van der Waals surface area (Å²) >= 11 is 0. The molecule has 0 amide bonds. The lowest BCUT2D eigenvalue weighted by Gasteiger charge is -2.40. The molecule has 4 heterocycles. The smallest absolute Gasteiger partial charge is 0.244 e. The first kappa shape index (κ1) is 18.6. The van der Waals surface area contributed by atoms with Gasteiger partial charge in [-0.05, 0) is 43.2 Å². The van der Waals surface area contributed by atoms with Crippen LogP contribution >= 0.6 is 0 Å². The molecule has 1 spiro atoms. The number of fused-ring (bicyclic) bond motifs is 1. The van der Waals surface area contributed by atoms with Crippen molar-refractivity contribution in [1.82, 2.24) is 24.1 Å². The molecule has 1 saturated heterocycles. The maximum absolute atomic E-state index is 12.8. The van der Waals surface area contributed by atoms with Crippen molar-refractivity contribution in [2.24, 2.45) is 5.41 Å². The molecular formula is C19H27N5O2S. The van der Waals surface area contributed by atoms with Crippen molar-refractivity contribution in [3.8, 4) is 0 Å². The topological polar surface area (TPSA) is 81.0 Å². The van der Waals surface area contributed by atoms with E-state index < -0.39 is 10.0 Å². The first-order valence-corrected chi connectivity index (χ1v) is 11.2. The Morgan fingerprint density at radius 3 is 2.48 bits per heavy atom. The fourth-order valence-electron chi connectivity index (χ4n) is 4.41. The quantitative estimate of drug-likeness (QED) is 0.806. The molecule has 0 bridgehead atoms.